The molecule has 1 heterocycles. The molecule has 1 N–H and O–H groups in total. The molecular weight excluding hydrogens is 376 g/mol. The average Bonchev–Trinajstić information content (AvgIpc) is 2.98. The van der Waals surface area contributed by atoms with Crippen LogP contribution in [0.4, 0.5) is 5.69 Å². The molecule has 2 aliphatic rings. The van der Waals surface area contributed by atoms with E-state index >= 15 is 0 Å². The third-order valence-electron chi connectivity index (χ3n) is 5.62. The van der Waals surface area contributed by atoms with E-state index in [-0.39, 0.29) is 23.7 Å². The van der Waals surface area contributed by atoms with E-state index in [1.165, 1.54) is 13.8 Å². The molecule has 3 amide bonds. The van der Waals surface area contributed by atoms with Gasteiger partial charge in [0.25, 0.3) is 5.91 Å². The highest BCUT2D eigenvalue weighted by Crippen LogP contribution is 2.38. The molecule has 3 rings (SSSR count). The van der Waals surface area contributed by atoms with Gasteiger partial charge in [-0.1, -0.05) is 12.8 Å². The minimum atomic E-state index is -1.08. The lowest BCUT2D eigenvalue weighted by atomic mass is 9.81. The van der Waals surface area contributed by atoms with Crippen LogP contribution >= 0.6 is 0 Å². The summed E-state index contributed by atoms with van der Waals surface area (Å²) in [6.07, 6.45) is 2.09. The van der Waals surface area contributed by atoms with Gasteiger partial charge in [0.15, 0.2) is 6.10 Å². The topological polar surface area (TPSA) is 102 Å². The molecule has 1 aliphatic carbocycles. The summed E-state index contributed by atoms with van der Waals surface area (Å²) in [5, 5.41) is 2.65. The molecule has 0 radical (unpaired) electrons. The molecule has 1 aromatic carbocycles. The number of benzene rings is 1. The number of imide groups is 1. The van der Waals surface area contributed by atoms with Crippen molar-refractivity contribution >= 4 is 29.4 Å². The number of amides is 3. The quantitative estimate of drug-likeness (QED) is 0.578. The predicted molar refractivity (Wildman–Crippen MR) is 104 cm³/mol. The Hall–Kier alpha value is -2.90. The SMILES string of the molecule is COc1ccc(NC(=O)[C@@H](C)OC(=O)[C@H](C)N2C(=O)[C@H]3CCCC[C@H]3C2=O)cc1. The van der Waals surface area contributed by atoms with Crippen LogP contribution in [0.15, 0.2) is 24.3 Å². The lowest BCUT2D eigenvalue weighted by Crippen LogP contribution is -2.46. The Balaban J connectivity index is 1.58. The van der Waals surface area contributed by atoms with Crippen molar-refractivity contribution in [3.8, 4) is 5.75 Å². The summed E-state index contributed by atoms with van der Waals surface area (Å²) in [6, 6.07) is 5.66. The van der Waals surface area contributed by atoms with Gasteiger partial charge in [0, 0.05) is 5.69 Å². The maximum absolute atomic E-state index is 12.6. The molecule has 0 unspecified atom stereocenters. The Bertz CT molecular complexity index is 782. The van der Waals surface area contributed by atoms with E-state index in [9.17, 15) is 19.2 Å². The molecule has 2 fully saturated rings. The first kappa shape index (κ1) is 20.8. The largest absolute Gasteiger partial charge is 0.497 e. The van der Waals surface area contributed by atoms with Crippen molar-refractivity contribution < 1.29 is 28.7 Å². The summed E-state index contributed by atoms with van der Waals surface area (Å²) in [5.41, 5.74) is 0.528. The van der Waals surface area contributed by atoms with Crippen molar-refractivity contribution in [1.82, 2.24) is 4.90 Å². The van der Waals surface area contributed by atoms with E-state index in [1.54, 1.807) is 31.4 Å². The zero-order valence-corrected chi connectivity index (χ0v) is 16.8. The summed E-state index contributed by atoms with van der Waals surface area (Å²) in [4.78, 5) is 51.1. The van der Waals surface area contributed by atoms with Crippen molar-refractivity contribution in [2.24, 2.45) is 11.8 Å². The summed E-state index contributed by atoms with van der Waals surface area (Å²) in [6.45, 7) is 2.90. The maximum atomic E-state index is 12.6. The molecule has 156 valence electrons. The number of esters is 1. The number of hydrogen-bond donors (Lipinski definition) is 1. The number of fused-ring (bicyclic) bond motifs is 1. The van der Waals surface area contributed by atoms with Gasteiger partial charge in [-0.05, 0) is 51.0 Å². The fraction of sp³-hybridized carbons (Fsp3) is 0.524. The highest BCUT2D eigenvalue weighted by Gasteiger charge is 2.51. The molecule has 1 aromatic rings. The molecule has 1 saturated heterocycles. The highest BCUT2D eigenvalue weighted by atomic mass is 16.5. The van der Waals surface area contributed by atoms with Gasteiger partial charge in [-0.3, -0.25) is 19.3 Å². The first-order valence-electron chi connectivity index (χ1n) is 9.85. The zero-order chi connectivity index (χ0) is 21.1. The maximum Gasteiger partial charge on any atom is 0.329 e. The van der Waals surface area contributed by atoms with Crippen molar-refractivity contribution in [1.29, 1.82) is 0 Å². The third-order valence-corrected chi connectivity index (χ3v) is 5.62. The molecule has 8 nitrogen and oxygen atoms in total. The molecule has 4 atom stereocenters. The molecule has 29 heavy (non-hydrogen) atoms. The van der Waals surface area contributed by atoms with Crippen molar-refractivity contribution in [2.45, 2.75) is 51.7 Å². The van der Waals surface area contributed by atoms with Crippen LogP contribution in [-0.4, -0.2) is 47.8 Å². The van der Waals surface area contributed by atoms with Crippen LogP contribution in [0.2, 0.25) is 0 Å². The first-order chi connectivity index (χ1) is 13.8. The van der Waals surface area contributed by atoms with Crippen molar-refractivity contribution in [3.63, 3.8) is 0 Å². The van der Waals surface area contributed by atoms with E-state index in [0.29, 0.717) is 24.3 Å². The number of ether oxygens (including phenoxy) is 2. The number of nitrogens with one attached hydrogen (secondary N) is 1. The number of likely N-dealkylation sites (tertiary alicyclic amines) is 1. The van der Waals surface area contributed by atoms with Crippen LogP contribution < -0.4 is 10.1 Å². The van der Waals surface area contributed by atoms with Crippen LogP contribution in [0.5, 0.6) is 5.75 Å². The summed E-state index contributed by atoms with van der Waals surface area (Å²) in [7, 11) is 1.54. The van der Waals surface area contributed by atoms with E-state index in [1.807, 2.05) is 0 Å². The number of nitrogens with zero attached hydrogens (tertiary/aromatic N) is 1. The second kappa shape index (κ2) is 8.63. The zero-order valence-electron chi connectivity index (χ0n) is 16.8. The van der Waals surface area contributed by atoms with Crippen LogP contribution in [0.25, 0.3) is 0 Å². The van der Waals surface area contributed by atoms with Gasteiger partial charge in [-0.25, -0.2) is 4.79 Å². The number of carbonyl (C=O) groups excluding carboxylic acids is 4. The molecule has 1 aliphatic heterocycles. The molecule has 0 bridgehead atoms. The predicted octanol–water partition coefficient (Wildman–Crippen LogP) is 2.13. The molecular formula is C21H26N2O6. The molecule has 0 spiro atoms. The Labute approximate surface area is 169 Å². The van der Waals surface area contributed by atoms with E-state index in [4.69, 9.17) is 9.47 Å². The van der Waals surface area contributed by atoms with Crippen molar-refractivity contribution in [3.05, 3.63) is 24.3 Å². The molecule has 8 heteroatoms. The van der Waals surface area contributed by atoms with E-state index in [2.05, 4.69) is 5.32 Å². The summed E-state index contributed by atoms with van der Waals surface area (Å²) >= 11 is 0. The molecule has 1 saturated carbocycles. The molecule has 0 aromatic heterocycles. The van der Waals surface area contributed by atoms with Gasteiger partial charge in [-0.2, -0.15) is 0 Å². The Morgan fingerprint density at radius 3 is 2.10 bits per heavy atom. The normalized spacial score (nSPS) is 23.2. The van der Waals surface area contributed by atoms with Crippen LogP contribution in [0.3, 0.4) is 0 Å². The average molecular weight is 402 g/mol. The fourth-order valence-electron chi connectivity index (χ4n) is 3.92. The van der Waals surface area contributed by atoms with E-state index in [0.717, 1.165) is 17.7 Å². The fourth-order valence-corrected chi connectivity index (χ4v) is 3.92. The van der Waals surface area contributed by atoms with E-state index < -0.39 is 24.0 Å². The van der Waals surface area contributed by atoms with Crippen LogP contribution in [0.1, 0.15) is 39.5 Å². The van der Waals surface area contributed by atoms with Gasteiger partial charge < -0.3 is 14.8 Å². The van der Waals surface area contributed by atoms with Crippen LogP contribution in [0, 0.1) is 11.8 Å². The standard InChI is InChI=1S/C21H26N2O6/c1-12(23-19(25)16-6-4-5-7-17(16)20(23)26)21(27)29-13(2)18(24)22-14-8-10-15(28-3)11-9-14/h8-13,16-17H,4-7H2,1-3H3,(H,22,24)/t12-,13+,16-,17+/m0/s1. The second-order valence-corrected chi connectivity index (χ2v) is 7.52. The van der Waals surface area contributed by atoms with Gasteiger partial charge >= 0.3 is 5.97 Å². The lowest BCUT2D eigenvalue weighted by molar-refractivity contribution is -0.163. The Kier molecular flexibility index (Phi) is 6.20. The first-order valence-corrected chi connectivity index (χ1v) is 9.85. The number of anilines is 1. The monoisotopic (exact) mass is 402 g/mol. The van der Waals surface area contributed by atoms with Gasteiger partial charge in [0.2, 0.25) is 11.8 Å². The van der Waals surface area contributed by atoms with Gasteiger partial charge in [-0.15, -0.1) is 0 Å². The highest BCUT2D eigenvalue weighted by molar-refractivity contribution is 6.08. The lowest BCUT2D eigenvalue weighted by Gasteiger charge is -2.23. The minimum Gasteiger partial charge on any atom is -0.497 e. The Morgan fingerprint density at radius 1 is 1.03 bits per heavy atom. The number of carbonyl (C=O) groups is 4. The van der Waals surface area contributed by atoms with Crippen molar-refractivity contribution in [2.75, 3.05) is 12.4 Å². The van der Waals surface area contributed by atoms with Gasteiger partial charge in [0.05, 0.1) is 18.9 Å². The summed E-state index contributed by atoms with van der Waals surface area (Å²) in [5.74, 6) is -1.91. The number of rotatable bonds is 6. The number of methoxy groups -OCH3 is 1. The third kappa shape index (κ3) is 4.26. The second-order valence-electron chi connectivity index (χ2n) is 7.52. The van der Waals surface area contributed by atoms with Gasteiger partial charge in [0.1, 0.15) is 11.8 Å². The number of hydrogen-bond acceptors (Lipinski definition) is 6. The minimum absolute atomic E-state index is 0.306. The smallest absolute Gasteiger partial charge is 0.329 e. The van der Waals surface area contributed by atoms with Crippen LogP contribution in [-0.2, 0) is 23.9 Å². The Morgan fingerprint density at radius 2 is 1.59 bits per heavy atom. The summed E-state index contributed by atoms with van der Waals surface area (Å²) < 4.78 is 10.3.